The summed E-state index contributed by atoms with van der Waals surface area (Å²) in [4.78, 5) is 4.63. The van der Waals surface area contributed by atoms with Crippen molar-refractivity contribution in [2.75, 3.05) is 13.2 Å². The minimum atomic E-state index is -0.353. The number of hydrogen-bond acceptors (Lipinski definition) is 5. The Morgan fingerprint density at radius 1 is 1.32 bits per heavy atom. The van der Waals surface area contributed by atoms with Gasteiger partial charge in [0.2, 0.25) is 11.7 Å². The standard InChI is InChI=1S/C14H23N3O2/c1-14(7-4-8-18-14)13-16-12(19-17-13)11-6-3-2-5-10(11)9-15/h10-11H,2-9,15H2,1H3. The summed E-state index contributed by atoms with van der Waals surface area (Å²) in [5, 5.41) is 4.16. The first-order chi connectivity index (χ1) is 9.23. The van der Waals surface area contributed by atoms with E-state index in [4.69, 9.17) is 15.0 Å². The van der Waals surface area contributed by atoms with Gasteiger partial charge in [-0.15, -0.1) is 0 Å². The van der Waals surface area contributed by atoms with Gasteiger partial charge in [0.15, 0.2) is 0 Å². The highest BCUT2D eigenvalue weighted by atomic mass is 16.5. The van der Waals surface area contributed by atoms with Gasteiger partial charge >= 0.3 is 0 Å². The number of aromatic nitrogens is 2. The van der Waals surface area contributed by atoms with Crippen molar-refractivity contribution < 1.29 is 9.26 Å². The predicted molar refractivity (Wildman–Crippen MR) is 70.6 cm³/mol. The molecule has 1 aliphatic heterocycles. The molecule has 1 aliphatic carbocycles. The Morgan fingerprint density at radius 2 is 2.16 bits per heavy atom. The van der Waals surface area contributed by atoms with Crippen LogP contribution in [0.2, 0.25) is 0 Å². The molecule has 0 bridgehead atoms. The molecule has 19 heavy (non-hydrogen) atoms. The third-order valence-electron chi connectivity index (χ3n) is 4.66. The van der Waals surface area contributed by atoms with Crippen LogP contribution in [0.15, 0.2) is 4.52 Å². The molecule has 2 fully saturated rings. The average molecular weight is 265 g/mol. The fraction of sp³-hybridized carbons (Fsp3) is 0.857. The van der Waals surface area contributed by atoms with E-state index >= 15 is 0 Å². The van der Waals surface area contributed by atoms with E-state index in [1.54, 1.807) is 0 Å². The summed E-state index contributed by atoms with van der Waals surface area (Å²) in [5.74, 6) is 2.30. The smallest absolute Gasteiger partial charge is 0.230 e. The van der Waals surface area contributed by atoms with Crippen molar-refractivity contribution in [3.63, 3.8) is 0 Å². The van der Waals surface area contributed by atoms with Crippen LogP contribution in [0.25, 0.3) is 0 Å². The van der Waals surface area contributed by atoms with E-state index < -0.39 is 0 Å². The number of nitrogens with two attached hydrogens (primary N) is 1. The van der Waals surface area contributed by atoms with Crippen molar-refractivity contribution >= 4 is 0 Å². The van der Waals surface area contributed by atoms with Crippen molar-refractivity contribution in [1.29, 1.82) is 0 Å². The molecule has 2 aliphatic rings. The Hall–Kier alpha value is -0.940. The molecule has 3 unspecified atom stereocenters. The highest BCUT2D eigenvalue weighted by Crippen LogP contribution is 2.39. The van der Waals surface area contributed by atoms with E-state index in [9.17, 15) is 0 Å². The van der Waals surface area contributed by atoms with Crippen LogP contribution in [-0.4, -0.2) is 23.3 Å². The van der Waals surface area contributed by atoms with E-state index in [1.807, 2.05) is 0 Å². The molecule has 5 heteroatoms. The highest BCUT2D eigenvalue weighted by Gasteiger charge is 2.38. The van der Waals surface area contributed by atoms with Crippen molar-refractivity contribution in [3.05, 3.63) is 11.7 Å². The average Bonchev–Trinajstić information content (AvgIpc) is 3.08. The van der Waals surface area contributed by atoms with Crippen LogP contribution in [0.4, 0.5) is 0 Å². The normalized spacial score (nSPS) is 35.7. The molecule has 106 valence electrons. The van der Waals surface area contributed by atoms with Crippen molar-refractivity contribution in [2.24, 2.45) is 11.7 Å². The van der Waals surface area contributed by atoms with E-state index in [0.717, 1.165) is 31.8 Å². The summed E-state index contributed by atoms with van der Waals surface area (Å²) < 4.78 is 11.3. The molecule has 1 saturated heterocycles. The lowest BCUT2D eigenvalue weighted by molar-refractivity contribution is 0.00768. The van der Waals surface area contributed by atoms with Gasteiger partial charge in [-0.1, -0.05) is 18.0 Å². The molecule has 0 aromatic carbocycles. The molecular weight excluding hydrogens is 242 g/mol. The van der Waals surface area contributed by atoms with Gasteiger partial charge in [-0.3, -0.25) is 0 Å². The molecule has 0 amide bonds. The quantitative estimate of drug-likeness (QED) is 0.908. The van der Waals surface area contributed by atoms with Crippen LogP contribution in [0.5, 0.6) is 0 Å². The summed E-state index contributed by atoms with van der Waals surface area (Å²) in [5.41, 5.74) is 5.52. The summed E-state index contributed by atoms with van der Waals surface area (Å²) >= 11 is 0. The second kappa shape index (κ2) is 5.21. The molecule has 1 aromatic heterocycles. The third-order valence-corrected chi connectivity index (χ3v) is 4.66. The van der Waals surface area contributed by atoms with E-state index in [0.29, 0.717) is 24.2 Å². The minimum absolute atomic E-state index is 0.338. The molecule has 1 saturated carbocycles. The molecular formula is C14H23N3O2. The van der Waals surface area contributed by atoms with Gasteiger partial charge in [0.05, 0.1) is 0 Å². The predicted octanol–water partition coefficient (Wildman–Crippen LogP) is 2.33. The van der Waals surface area contributed by atoms with Gasteiger partial charge in [-0.25, -0.2) is 0 Å². The molecule has 2 N–H and O–H groups in total. The van der Waals surface area contributed by atoms with Crippen LogP contribution >= 0.6 is 0 Å². The molecule has 5 nitrogen and oxygen atoms in total. The molecule has 3 atom stereocenters. The van der Waals surface area contributed by atoms with E-state index in [1.165, 1.54) is 19.3 Å². The monoisotopic (exact) mass is 265 g/mol. The summed E-state index contributed by atoms with van der Waals surface area (Å²) in [6.45, 7) is 3.54. The Morgan fingerprint density at radius 3 is 2.89 bits per heavy atom. The SMILES string of the molecule is CC1(c2noc(C3CCCCC3CN)n2)CCCO1. The maximum Gasteiger partial charge on any atom is 0.230 e. The van der Waals surface area contributed by atoms with Crippen molar-refractivity contribution in [1.82, 2.24) is 10.1 Å². The van der Waals surface area contributed by atoms with Crippen LogP contribution in [0, 0.1) is 5.92 Å². The van der Waals surface area contributed by atoms with Crippen LogP contribution in [0.1, 0.15) is 63.1 Å². The maximum atomic E-state index is 5.87. The molecule has 1 aromatic rings. The van der Waals surface area contributed by atoms with Crippen LogP contribution in [-0.2, 0) is 10.3 Å². The maximum absolute atomic E-state index is 5.87. The van der Waals surface area contributed by atoms with Crippen LogP contribution < -0.4 is 5.73 Å². The van der Waals surface area contributed by atoms with Gasteiger partial charge in [-0.05, 0) is 45.1 Å². The van der Waals surface area contributed by atoms with Gasteiger partial charge in [-0.2, -0.15) is 4.98 Å². The zero-order valence-corrected chi connectivity index (χ0v) is 11.6. The first-order valence-corrected chi connectivity index (χ1v) is 7.41. The van der Waals surface area contributed by atoms with Gasteiger partial charge in [0, 0.05) is 12.5 Å². The Labute approximate surface area is 113 Å². The number of hydrogen-bond donors (Lipinski definition) is 1. The van der Waals surface area contributed by atoms with Gasteiger partial charge < -0.3 is 15.0 Å². The van der Waals surface area contributed by atoms with Crippen LogP contribution in [0.3, 0.4) is 0 Å². The summed E-state index contributed by atoms with van der Waals surface area (Å²) in [6.07, 6.45) is 6.81. The van der Waals surface area contributed by atoms with E-state index in [-0.39, 0.29) is 5.60 Å². The molecule has 0 spiro atoms. The van der Waals surface area contributed by atoms with Gasteiger partial charge in [0.1, 0.15) is 5.60 Å². The second-order valence-corrected chi connectivity index (χ2v) is 6.03. The largest absolute Gasteiger partial charge is 0.367 e. The van der Waals surface area contributed by atoms with Crippen molar-refractivity contribution in [3.8, 4) is 0 Å². The lowest BCUT2D eigenvalue weighted by atomic mass is 9.79. The lowest BCUT2D eigenvalue weighted by Gasteiger charge is -2.27. The minimum Gasteiger partial charge on any atom is -0.367 e. The number of nitrogens with zero attached hydrogens (tertiary/aromatic N) is 2. The zero-order valence-electron chi connectivity index (χ0n) is 11.6. The first-order valence-electron chi connectivity index (χ1n) is 7.41. The topological polar surface area (TPSA) is 74.2 Å². The highest BCUT2D eigenvalue weighted by molar-refractivity contribution is 5.05. The third kappa shape index (κ3) is 2.41. The second-order valence-electron chi connectivity index (χ2n) is 6.03. The fourth-order valence-corrected chi connectivity index (χ4v) is 3.37. The number of rotatable bonds is 3. The Kier molecular flexibility index (Phi) is 3.58. The molecule has 0 radical (unpaired) electrons. The Bertz CT molecular complexity index is 426. The summed E-state index contributed by atoms with van der Waals surface area (Å²) in [7, 11) is 0. The zero-order chi connectivity index (χ0) is 13.3. The lowest BCUT2D eigenvalue weighted by Crippen LogP contribution is -2.26. The van der Waals surface area contributed by atoms with Gasteiger partial charge in [0.25, 0.3) is 0 Å². The molecule has 2 heterocycles. The number of ether oxygens (including phenoxy) is 1. The first kappa shape index (κ1) is 13.1. The van der Waals surface area contributed by atoms with E-state index in [2.05, 4.69) is 17.1 Å². The fourth-order valence-electron chi connectivity index (χ4n) is 3.37. The summed E-state index contributed by atoms with van der Waals surface area (Å²) in [6, 6.07) is 0. The Balaban J connectivity index is 1.80. The molecule has 3 rings (SSSR count). The van der Waals surface area contributed by atoms with Crippen molar-refractivity contribution in [2.45, 2.75) is 57.0 Å².